The Balaban J connectivity index is 0.00000128. The molecule has 0 saturated heterocycles. The molecule has 0 unspecified atom stereocenters. The Labute approximate surface area is 231 Å². The van der Waals surface area contributed by atoms with Crippen molar-refractivity contribution in [2.75, 3.05) is 0 Å². The average molecular weight is 557 g/mol. The molecule has 172 valence electrons. The van der Waals surface area contributed by atoms with Crippen LogP contribution in [0.4, 0.5) is 0 Å². The maximum atomic E-state index is 2.47. The molecule has 0 radical (unpaired) electrons. The maximum Gasteiger partial charge on any atom is 4.00 e. The summed E-state index contributed by atoms with van der Waals surface area (Å²) in [6.07, 6.45) is 4.62. The Hall–Kier alpha value is -0.877. The molecule has 4 aromatic carbocycles. The van der Waals surface area contributed by atoms with Crippen LogP contribution in [0.2, 0.25) is 0 Å². The van der Waals surface area contributed by atoms with Crippen molar-refractivity contribution in [2.45, 2.75) is 78.1 Å². The molecule has 0 bridgehead atoms. The van der Waals surface area contributed by atoms with E-state index in [1.165, 1.54) is 32.7 Å². The SMILES string of the molecule is CC(C)(C)c1ccc2cc3[c-](c2c1)CC[c-]1c(cc2ccc(C(C)(C)C)cc21)CC3.[Cl-].[Cl-].[Zr+4]. The molecule has 5 rings (SSSR count). The van der Waals surface area contributed by atoms with Crippen molar-refractivity contribution in [3.05, 3.63) is 81.9 Å². The van der Waals surface area contributed by atoms with Crippen LogP contribution < -0.4 is 24.8 Å². The van der Waals surface area contributed by atoms with E-state index in [9.17, 15) is 0 Å². The molecule has 0 fully saturated rings. The zero-order valence-corrected chi connectivity index (χ0v) is 24.7. The van der Waals surface area contributed by atoms with Gasteiger partial charge in [-0.1, -0.05) is 77.6 Å². The zero-order chi connectivity index (χ0) is 21.3. The van der Waals surface area contributed by atoms with E-state index in [4.69, 9.17) is 0 Å². The summed E-state index contributed by atoms with van der Waals surface area (Å²) in [5.74, 6) is 0. The van der Waals surface area contributed by atoms with Gasteiger partial charge < -0.3 is 24.8 Å². The fourth-order valence-electron chi connectivity index (χ4n) is 5.27. The minimum Gasteiger partial charge on any atom is -1.00 e. The third kappa shape index (κ3) is 5.22. The second-order valence-electron chi connectivity index (χ2n) is 11.4. The molecule has 3 heteroatoms. The topological polar surface area (TPSA) is 0 Å². The Morgan fingerprint density at radius 2 is 0.939 bits per heavy atom. The van der Waals surface area contributed by atoms with Gasteiger partial charge >= 0.3 is 26.2 Å². The quantitative estimate of drug-likeness (QED) is 0.291. The standard InChI is InChI=1S/C30H34.2ClH.Zr/c1-29(2,3)23-11-9-21-15-19-7-8-20-16-22-10-12-24(30(4,5)6)18-28(22)26(20)14-13-25(19)27(21)17-23;;;/h9-12,15-18H,7-8,13-14H2,1-6H3;2*1H;/q-2;;;+4/p-2. The molecule has 0 saturated carbocycles. The molecule has 33 heavy (non-hydrogen) atoms. The number of aryl methyl sites for hydroxylation is 4. The first-order chi connectivity index (χ1) is 14.1. The van der Waals surface area contributed by atoms with Crippen molar-refractivity contribution >= 4 is 21.5 Å². The van der Waals surface area contributed by atoms with E-state index in [0.29, 0.717) is 0 Å². The molecular formula is C30H34Cl2Zr. The molecule has 1 aliphatic carbocycles. The number of rotatable bonds is 0. The summed E-state index contributed by atoms with van der Waals surface area (Å²) in [6, 6.07) is 19.2. The van der Waals surface area contributed by atoms with Crippen LogP contribution in [0.25, 0.3) is 21.5 Å². The van der Waals surface area contributed by atoms with Crippen LogP contribution in [0.15, 0.2) is 48.5 Å². The van der Waals surface area contributed by atoms with Gasteiger partial charge in [-0.05, 0) is 23.7 Å². The van der Waals surface area contributed by atoms with E-state index in [1.54, 1.807) is 22.3 Å². The molecule has 0 N–H and O–H groups in total. The van der Waals surface area contributed by atoms with Gasteiger partial charge in [-0.2, -0.15) is 12.1 Å². The Kier molecular flexibility index (Phi) is 8.60. The summed E-state index contributed by atoms with van der Waals surface area (Å²) in [5, 5.41) is 5.84. The summed E-state index contributed by atoms with van der Waals surface area (Å²) in [5.41, 5.74) is 9.62. The van der Waals surface area contributed by atoms with E-state index < -0.39 is 0 Å². The van der Waals surface area contributed by atoms with Gasteiger partial charge in [0, 0.05) is 0 Å². The number of halogens is 2. The van der Waals surface area contributed by atoms with E-state index in [-0.39, 0.29) is 61.8 Å². The van der Waals surface area contributed by atoms with E-state index in [0.717, 1.165) is 25.7 Å². The minimum atomic E-state index is 0. The first-order valence-corrected chi connectivity index (χ1v) is 11.5. The van der Waals surface area contributed by atoms with Gasteiger partial charge in [-0.15, -0.1) is 68.1 Å². The monoisotopic (exact) mass is 554 g/mol. The van der Waals surface area contributed by atoms with Crippen molar-refractivity contribution in [1.29, 1.82) is 0 Å². The second-order valence-corrected chi connectivity index (χ2v) is 11.4. The van der Waals surface area contributed by atoms with Crippen LogP contribution in [0.1, 0.15) is 74.9 Å². The third-order valence-electron chi connectivity index (χ3n) is 7.21. The van der Waals surface area contributed by atoms with Crippen molar-refractivity contribution in [1.82, 2.24) is 0 Å². The number of benzene rings is 2. The molecule has 0 nitrogen and oxygen atoms in total. The minimum absolute atomic E-state index is 0. The van der Waals surface area contributed by atoms with Crippen molar-refractivity contribution in [3.63, 3.8) is 0 Å². The number of hydrogen-bond acceptors (Lipinski definition) is 0. The average Bonchev–Trinajstić information content (AvgIpc) is 3.17. The van der Waals surface area contributed by atoms with Gasteiger partial charge in [0.2, 0.25) is 0 Å². The summed E-state index contributed by atoms with van der Waals surface area (Å²) in [4.78, 5) is 0. The van der Waals surface area contributed by atoms with Gasteiger partial charge in [-0.3, -0.25) is 0 Å². The molecule has 0 spiro atoms. The third-order valence-corrected chi connectivity index (χ3v) is 7.21. The number of hydrogen-bond donors (Lipinski definition) is 0. The van der Waals surface area contributed by atoms with Gasteiger partial charge in [0.15, 0.2) is 0 Å². The van der Waals surface area contributed by atoms with Crippen LogP contribution in [-0.2, 0) is 62.7 Å². The predicted octanol–water partition coefficient (Wildman–Crippen LogP) is 1.92. The summed E-state index contributed by atoms with van der Waals surface area (Å²) < 4.78 is 0. The van der Waals surface area contributed by atoms with Crippen LogP contribution in [0.5, 0.6) is 0 Å². The van der Waals surface area contributed by atoms with E-state index >= 15 is 0 Å². The molecule has 0 aliphatic heterocycles. The Morgan fingerprint density at radius 1 is 0.576 bits per heavy atom. The Bertz CT molecular complexity index is 1160. The molecule has 0 amide bonds. The Morgan fingerprint density at radius 3 is 1.27 bits per heavy atom. The van der Waals surface area contributed by atoms with Crippen LogP contribution in [0.3, 0.4) is 0 Å². The maximum absolute atomic E-state index is 2.47. The number of fused-ring (bicyclic) bond motifs is 6. The zero-order valence-electron chi connectivity index (χ0n) is 20.7. The van der Waals surface area contributed by atoms with Crippen molar-refractivity contribution < 1.29 is 51.0 Å². The van der Waals surface area contributed by atoms with Crippen molar-refractivity contribution in [2.24, 2.45) is 0 Å². The summed E-state index contributed by atoms with van der Waals surface area (Å²) in [6.45, 7) is 13.9. The van der Waals surface area contributed by atoms with Gasteiger partial charge in [-0.25, -0.2) is 0 Å². The first-order valence-electron chi connectivity index (χ1n) is 11.5. The fourth-order valence-corrected chi connectivity index (χ4v) is 5.27. The van der Waals surface area contributed by atoms with Crippen molar-refractivity contribution in [3.8, 4) is 0 Å². The van der Waals surface area contributed by atoms with Gasteiger partial charge in [0.05, 0.1) is 0 Å². The molecule has 0 atom stereocenters. The van der Waals surface area contributed by atoms with Crippen LogP contribution >= 0.6 is 0 Å². The molecule has 1 aliphatic rings. The molecular weight excluding hydrogens is 522 g/mol. The largest absolute Gasteiger partial charge is 4.00 e. The normalized spacial score (nSPS) is 13.8. The fraction of sp³-hybridized carbons (Fsp3) is 0.400. The summed E-state index contributed by atoms with van der Waals surface area (Å²) in [7, 11) is 0. The van der Waals surface area contributed by atoms with E-state index in [1.807, 2.05) is 0 Å². The predicted molar refractivity (Wildman–Crippen MR) is 131 cm³/mol. The smallest absolute Gasteiger partial charge is 1.00 e. The van der Waals surface area contributed by atoms with Gasteiger partial charge in [0.25, 0.3) is 0 Å². The first kappa shape index (κ1) is 28.4. The molecule has 0 heterocycles. The molecule has 4 aromatic rings. The summed E-state index contributed by atoms with van der Waals surface area (Å²) >= 11 is 0. The molecule has 0 aromatic heterocycles. The van der Waals surface area contributed by atoms with E-state index in [2.05, 4.69) is 90.1 Å². The van der Waals surface area contributed by atoms with Crippen LogP contribution in [0, 0.1) is 0 Å². The van der Waals surface area contributed by atoms with Crippen LogP contribution in [-0.4, -0.2) is 0 Å². The van der Waals surface area contributed by atoms with Gasteiger partial charge in [0.1, 0.15) is 0 Å². The second kappa shape index (κ2) is 10.0.